The number of hydrogen-bond acceptors (Lipinski definition) is 12. The summed E-state index contributed by atoms with van der Waals surface area (Å²) in [5, 5.41) is 27.2. The van der Waals surface area contributed by atoms with Gasteiger partial charge in [0.2, 0.25) is 17.7 Å². The van der Waals surface area contributed by atoms with Crippen LogP contribution >= 0.6 is 46.6 Å². The second kappa shape index (κ2) is 7.86. The Balaban J connectivity index is 1.74. The molecule has 30 heavy (non-hydrogen) atoms. The highest BCUT2D eigenvalue weighted by atomic mass is 32.2. The van der Waals surface area contributed by atoms with Gasteiger partial charge in [0.1, 0.15) is 26.7 Å². The number of carbonyl (C=O) groups is 3. The van der Waals surface area contributed by atoms with E-state index in [4.69, 9.17) is 4.42 Å². The Morgan fingerprint density at radius 1 is 1.37 bits per heavy atom. The lowest BCUT2D eigenvalue weighted by Gasteiger charge is -2.53. The van der Waals surface area contributed by atoms with Crippen molar-refractivity contribution in [1.29, 1.82) is 0 Å². The predicted octanol–water partition coefficient (Wildman–Crippen LogP) is 1.55. The third-order valence-electron chi connectivity index (χ3n) is 4.12. The number of aromatic nitrogens is 4. The summed E-state index contributed by atoms with van der Waals surface area (Å²) in [7, 11) is 0. The van der Waals surface area contributed by atoms with Crippen LogP contribution in [0.1, 0.15) is 19.7 Å². The molecule has 158 valence electrons. The molecule has 2 aliphatic heterocycles. The standard InChI is InChI=1S/C15H14N6O5S4/c1-5(22)17-15(3)9(29-14-20-16-4-27-14)7(12(24)25)21-10(23)8(11(21)30-15)28-13-19-18-6(2)26-13/h4,8,11H,1-3H3,(H,17,22)(H,24,25)/t8?,11-,15?/m1/s1. The monoisotopic (exact) mass is 486 g/mol. The summed E-state index contributed by atoms with van der Waals surface area (Å²) in [4.78, 5) is 37.5. The molecule has 1 fully saturated rings. The van der Waals surface area contributed by atoms with E-state index in [0.29, 0.717) is 15.1 Å². The van der Waals surface area contributed by atoms with E-state index in [1.165, 1.54) is 40.4 Å². The summed E-state index contributed by atoms with van der Waals surface area (Å²) < 4.78 is 5.84. The number of nitrogens with zero attached hydrogens (tertiary/aromatic N) is 5. The maximum atomic E-state index is 12.9. The van der Waals surface area contributed by atoms with Gasteiger partial charge in [-0.1, -0.05) is 23.1 Å². The lowest BCUT2D eigenvalue weighted by atomic mass is 10.1. The first-order valence-electron chi connectivity index (χ1n) is 8.38. The molecule has 2 unspecified atom stereocenters. The highest BCUT2D eigenvalue weighted by molar-refractivity contribution is 8.09. The minimum Gasteiger partial charge on any atom is -0.477 e. The molecule has 2 aromatic heterocycles. The fraction of sp³-hybridized carbons (Fsp3) is 0.400. The fourth-order valence-electron chi connectivity index (χ4n) is 3.03. The van der Waals surface area contributed by atoms with Crippen LogP contribution in [-0.4, -0.2) is 63.7 Å². The van der Waals surface area contributed by atoms with E-state index in [9.17, 15) is 19.5 Å². The number of carboxylic acid groups (broad SMARTS) is 1. The Kier molecular flexibility index (Phi) is 5.54. The molecule has 11 nitrogen and oxygen atoms in total. The van der Waals surface area contributed by atoms with Crippen molar-refractivity contribution >= 4 is 64.4 Å². The molecule has 4 rings (SSSR count). The van der Waals surface area contributed by atoms with E-state index in [1.54, 1.807) is 13.8 Å². The van der Waals surface area contributed by atoms with Crippen LogP contribution in [0.25, 0.3) is 0 Å². The maximum absolute atomic E-state index is 12.9. The van der Waals surface area contributed by atoms with Crippen molar-refractivity contribution in [3.05, 3.63) is 22.0 Å². The number of hydrogen-bond donors (Lipinski definition) is 2. The van der Waals surface area contributed by atoms with Crippen LogP contribution in [0.2, 0.25) is 0 Å². The highest BCUT2D eigenvalue weighted by Gasteiger charge is 2.60. The van der Waals surface area contributed by atoms with Gasteiger partial charge in [0.05, 0.1) is 4.91 Å². The molecule has 0 radical (unpaired) electrons. The molecule has 0 aromatic carbocycles. The van der Waals surface area contributed by atoms with Crippen LogP contribution in [0.5, 0.6) is 0 Å². The lowest BCUT2D eigenvalue weighted by Crippen LogP contribution is -2.67. The topological polar surface area (TPSA) is 151 Å². The number of β-lactam (4-membered cyclic amide) rings is 1. The highest BCUT2D eigenvalue weighted by Crippen LogP contribution is 2.56. The molecule has 0 aliphatic carbocycles. The molecular weight excluding hydrogens is 472 g/mol. The number of thioether (sulfide) groups is 3. The number of carbonyl (C=O) groups excluding carboxylic acids is 2. The number of aliphatic carboxylic acids is 1. The first-order chi connectivity index (χ1) is 14.2. The summed E-state index contributed by atoms with van der Waals surface area (Å²) >= 11 is 4.66. The summed E-state index contributed by atoms with van der Waals surface area (Å²) in [6.45, 7) is 4.70. The number of amides is 2. The van der Waals surface area contributed by atoms with Gasteiger partial charge in [0.25, 0.3) is 5.22 Å². The molecule has 1 saturated heterocycles. The summed E-state index contributed by atoms with van der Waals surface area (Å²) in [5.74, 6) is -1.62. The predicted molar refractivity (Wildman–Crippen MR) is 110 cm³/mol. The van der Waals surface area contributed by atoms with Gasteiger partial charge in [-0.25, -0.2) is 4.79 Å². The second-order valence-corrected chi connectivity index (χ2v) is 11.1. The number of fused-ring (bicyclic) bond motifs is 1. The van der Waals surface area contributed by atoms with E-state index >= 15 is 0 Å². The van der Waals surface area contributed by atoms with E-state index < -0.39 is 21.5 Å². The van der Waals surface area contributed by atoms with E-state index in [1.807, 2.05) is 0 Å². The average Bonchev–Trinajstić information content (AvgIpc) is 3.31. The van der Waals surface area contributed by atoms with Gasteiger partial charge in [-0.3, -0.25) is 14.5 Å². The molecule has 0 saturated carbocycles. The molecule has 2 N–H and O–H groups in total. The van der Waals surface area contributed by atoms with E-state index in [2.05, 4.69) is 25.7 Å². The second-order valence-electron chi connectivity index (χ2n) is 6.35. The molecule has 2 amide bonds. The Hall–Kier alpha value is -2.10. The van der Waals surface area contributed by atoms with Gasteiger partial charge in [0.15, 0.2) is 4.34 Å². The Morgan fingerprint density at radius 3 is 2.70 bits per heavy atom. The number of nitrogens with one attached hydrogen (secondary N) is 1. The van der Waals surface area contributed by atoms with Crippen LogP contribution < -0.4 is 5.32 Å². The molecule has 4 heterocycles. The van der Waals surface area contributed by atoms with Crippen LogP contribution in [-0.2, 0) is 14.4 Å². The molecule has 0 bridgehead atoms. The largest absolute Gasteiger partial charge is 0.477 e. The van der Waals surface area contributed by atoms with Crippen molar-refractivity contribution in [3.8, 4) is 0 Å². The molecule has 2 aromatic rings. The zero-order valence-corrected chi connectivity index (χ0v) is 18.9. The van der Waals surface area contributed by atoms with Crippen molar-refractivity contribution in [2.45, 2.75) is 45.8 Å². The smallest absolute Gasteiger partial charge is 0.353 e. The lowest BCUT2D eigenvalue weighted by molar-refractivity contribution is -0.145. The van der Waals surface area contributed by atoms with Gasteiger partial charge in [-0.05, 0) is 18.7 Å². The minimum absolute atomic E-state index is 0.182. The number of carboxylic acids is 1. The molecular formula is C15H14N6O5S4. The quantitative estimate of drug-likeness (QED) is 0.570. The van der Waals surface area contributed by atoms with Gasteiger partial charge >= 0.3 is 5.97 Å². The maximum Gasteiger partial charge on any atom is 0.353 e. The molecule has 15 heteroatoms. The van der Waals surface area contributed by atoms with E-state index in [0.717, 1.165) is 23.5 Å². The SMILES string of the molecule is CC(=O)NC1(C)S[C@@H]2C(Sc3nnc(C)o3)C(=O)N2C(C(=O)O)=C1Sc1nncs1. The van der Waals surface area contributed by atoms with E-state index in [-0.39, 0.29) is 22.7 Å². The van der Waals surface area contributed by atoms with Gasteiger partial charge in [0, 0.05) is 13.8 Å². The summed E-state index contributed by atoms with van der Waals surface area (Å²) in [6.07, 6.45) is 0. The number of rotatable bonds is 6. The Morgan fingerprint density at radius 2 is 2.13 bits per heavy atom. The van der Waals surface area contributed by atoms with Crippen LogP contribution in [0.3, 0.4) is 0 Å². The number of aryl methyl sites for hydroxylation is 1. The van der Waals surface area contributed by atoms with Crippen LogP contribution in [0.4, 0.5) is 0 Å². The summed E-state index contributed by atoms with van der Waals surface area (Å²) in [5.41, 5.74) is 1.34. The molecule has 3 atom stereocenters. The van der Waals surface area contributed by atoms with Crippen LogP contribution in [0.15, 0.2) is 30.1 Å². The molecule has 0 spiro atoms. The van der Waals surface area contributed by atoms with Gasteiger partial charge in [-0.2, -0.15) is 0 Å². The van der Waals surface area contributed by atoms with Crippen LogP contribution in [0, 0.1) is 6.92 Å². The molecule has 2 aliphatic rings. The zero-order valence-electron chi connectivity index (χ0n) is 15.7. The summed E-state index contributed by atoms with van der Waals surface area (Å²) in [6, 6.07) is 0. The third-order valence-corrected chi connectivity index (χ3v) is 9.09. The fourth-order valence-corrected chi connectivity index (χ4v) is 7.64. The van der Waals surface area contributed by atoms with Crippen molar-refractivity contribution in [2.75, 3.05) is 0 Å². The first-order valence-corrected chi connectivity index (χ1v) is 11.8. The van der Waals surface area contributed by atoms with Gasteiger partial charge < -0.3 is 14.8 Å². The zero-order chi connectivity index (χ0) is 21.6. The third kappa shape index (κ3) is 3.70. The van der Waals surface area contributed by atoms with Crippen molar-refractivity contribution in [2.24, 2.45) is 0 Å². The van der Waals surface area contributed by atoms with Gasteiger partial charge in [-0.15, -0.1) is 32.2 Å². The normalized spacial score (nSPS) is 25.7. The average molecular weight is 487 g/mol. The Bertz CT molecular complexity index is 1060. The first kappa shape index (κ1) is 21.1. The van der Waals surface area contributed by atoms with Crippen molar-refractivity contribution < 1.29 is 23.9 Å². The van der Waals surface area contributed by atoms with Crippen molar-refractivity contribution in [3.63, 3.8) is 0 Å². The van der Waals surface area contributed by atoms with Crippen molar-refractivity contribution in [1.82, 2.24) is 30.6 Å². The Labute approximate surface area is 186 Å². The minimum atomic E-state index is -1.27.